The summed E-state index contributed by atoms with van der Waals surface area (Å²) in [5, 5.41) is 16.6. The molecule has 4 aromatic rings. The first kappa shape index (κ1) is 23.2. The van der Waals surface area contributed by atoms with E-state index in [0.29, 0.717) is 24.0 Å². The van der Waals surface area contributed by atoms with Gasteiger partial charge in [-0.15, -0.1) is 0 Å². The predicted octanol–water partition coefficient (Wildman–Crippen LogP) is 3.29. The average molecular weight is 468 g/mol. The summed E-state index contributed by atoms with van der Waals surface area (Å²) in [7, 11) is -2.28. The Kier molecular flexibility index (Phi) is 6.41. The van der Waals surface area contributed by atoms with Crippen molar-refractivity contribution in [2.45, 2.75) is 38.3 Å². The van der Waals surface area contributed by atoms with Gasteiger partial charge < -0.3 is 9.67 Å². The first-order valence-electron chi connectivity index (χ1n) is 11.1. The van der Waals surface area contributed by atoms with Gasteiger partial charge in [-0.1, -0.05) is 56.3 Å². The van der Waals surface area contributed by atoms with Gasteiger partial charge in [-0.3, -0.25) is 4.79 Å². The third-order valence-corrected chi connectivity index (χ3v) is 7.66. The second-order valence-corrected chi connectivity index (χ2v) is 10.9. The molecule has 0 saturated carbocycles. The first-order valence-corrected chi connectivity index (χ1v) is 12.8. The Balaban J connectivity index is 2.01. The largest absolute Gasteiger partial charge is 0.396 e. The van der Waals surface area contributed by atoms with E-state index in [0.717, 1.165) is 16.3 Å². The number of rotatable bonds is 8. The minimum atomic E-state index is -3.83. The van der Waals surface area contributed by atoms with Gasteiger partial charge in [0, 0.05) is 31.8 Å². The Morgan fingerprint density at radius 2 is 1.79 bits per heavy atom. The van der Waals surface area contributed by atoms with Crippen molar-refractivity contribution in [2.75, 3.05) is 12.4 Å². The summed E-state index contributed by atoms with van der Waals surface area (Å²) in [4.78, 5) is 13.2. The molecule has 33 heavy (non-hydrogen) atoms. The summed E-state index contributed by atoms with van der Waals surface area (Å²) in [6.45, 7) is 4.18. The van der Waals surface area contributed by atoms with Crippen LogP contribution in [0, 0.1) is 5.92 Å². The van der Waals surface area contributed by atoms with Crippen LogP contribution < -0.4 is 5.56 Å². The average Bonchev–Trinajstić information content (AvgIpc) is 3.16. The fraction of sp³-hybridized carbons (Fsp3) is 0.360. The molecule has 0 radical (unpaired) electrons. The zero-order valence-corrected chi connectivity index (χ0v) is 20.0. The minimum absolute atomic E-state index is 0.00638. The lowest BCUT2D eigenvalue weighted by atomic mass is 10.0. The molecule has 2 heterocycles. The Morgan fingerprint density at radius 1 is 1.06 bits per heavy atom. The Hall–Kier alpha value is -2.97. The van der Waals surface area contributed by atoms with Gasteiger partial charge in [-0.05, 0) is 35.1 Å². The van der Waals surface area contributed by atoms with Crippen molar-refractivity contribution >= 4 is 31.4 Å². The molecular formula is C25H29N3O4S. The molecule has 0 saturated heterocycles. The molecule has 0 amide bonds. The molecule has 2 aromatic heterocycles. The van der Waals surface area contributed by atoms with Crippen LogP contribution in [0.25, 0.3) is 21.5 Å². The van der Waals surface area contributed by atoms with E-state index in [1.165, 1.54) is 4.68 Å². The Bertz CT molecular complexity index is 1480. The van der Waals surface area contributed by atoms with Crippen LogP contribution in [0.1, 0.15) is 31.5 Å². The molecule has 0 aliphatic carbocycles. The smallest absolute Gasteiger partial charge is 0.277 e. The number of benzene rings is 2. The number of aliphatic hydroxyl groups is 1. The van der Waals surface area contributed by atoms with Gasteiger partial charge in [-0.25, -0.2) is 13.1 Å². The first-order chi connectivity index (χ1) is 15.7. The van der Waals surface area contributed by atoms with Crippen LogP contribution in [0.15, 0.2) is 58.5 Å². The fourth-order valence-electron chi connectivity index (χ4n) is 4.36. The summed E-state index contributed by atoms with van der Waals surface area (Å²) >= 11 is 0. The number of hydrogen-bond donors (Lipinski definition) is 1. The lowest BCUT2D eigenvalue weighted by Crippen LogP contribution is -2.24. The SMILES string of the molecule is CC(C)Cc1nn(C)c(=O)c2c(S(=O)(=O)CCCO)n(Cc3cccc4ccccc34)cc12. The molecular weight excluding hydrogens is 438 g/mol. The van der Waals surface area contributed by atoms with Gasteiger partial charge in [0.05, 0.1) is 16.8 Å². The highest BCUT2D eigenvalue weighted by molar-refractivity contribution is 7.91. The van der Waals surface area contributed by atoms with Crippen LogP contribution in [-0.4, -0.2) is 40.2 Å². The third-order valence-electron chi connectivity index (χ3n) is 5.81. The molecule has 2 aromatic carbocycles. The van der Waals surface area contributed by atoms with E-state index in [9.17, 15) is 18.3 Å². The van der Waals surface area contributed by atoms with Gasteiger partial charge in [0.15, 0.2) is 9.84 Å². The van der Waals surface area contributed by atoms with E-state index in [4.69, 9.17) is 0 Å². The van der Waals surface area contributed by atoms with Gasteiger partial charge in [0.1, 0.15) is 5.03 Å². The quantitative estimate of drug-likeness (QED) is 0.429. The number of fused-ring (bicyclic) bond motifs is 2. The summed E-state index contributed by atoms with van der Waals surface area (Å²) < 4.78 is 29.8. The molecule has 0 unspecified atom stereocenters. The monoisotopic (exact) mass is 467 g/mol. The fourth-order valence-corrected chi connectivity index (χ4v) is 6.04. The predicted molar refractivity (Wildman–Crippen MR) is 130 cm³/mol. The van der Waals surface area contributed by atoms with Crippen LogP contribution >= 0.6 is 0 Å². The molecule has 0 aliphatic rings. The number of nitrogens with zero attached hydrogens (tertiary/aromatic N) is 3. The molecule has 4 rings (SSSR count). The minimum Gasteiger partial charge on any atom is -0.396 e. The number of aliphatic hydroxyl groups excluding tert-OH is 1. The van der Waals surface area contributed by atoms with Crippen molar-refractivity contribution in [3.63, 3.8) is 0 Å². The van der Waals surface area contributed by atoms with E-state index in [-0.39, 0.29) is 35.1 Å². The second-order valence-electron chi connectivity index (χ2n) is 8.86. The molecule has 0 spiro atoms. The van der Waals surface area contributed by atoms with E-state index in [2.05, 4.69) is 18.9 Å². The number of aryl methyl sites for hydroxylation is 1. The Labute approximate surface area is 193 Å². The van der Waals surface area contributed by atoms with Crippen LogP contribution in [0.4, 0.5) is 0 Å². The zero-order chi connectivity index (χ0) is 23.8. The molecule has 0 bridgehead atoms. The molecule has 8 heteroatoms. The molecule has 174 valence electrons. The summed E-state index contributed by atoms with van der Waals surface area (Å²) in [5.41, 5.74) is 1.23. The van der Waals surface area contributed by atoms with E-state index in [1.54, 1.807) is 17.8 Å². The van der Waals surface area contributed by atoms with Crippen molar-refractivity contribution in [1.29, 1.82) is 0 Å². The highest BCUT2D eigenvalue weighted by atomic mass is 32.2. The molecule has 0 fully saturated rings. The molecule has 0 aliphatic heterocycles. The van der Waals surface area contributed by atoms with Crippen molar-refractivity contribution in [1.82, 2.24) is 14.3 Å². The van der Waals surface area contributed by atoms with Crippen molar-refractivity contribution in [3.05, 3.63) is 70.3 Å². The number of hydrogen-bond acceptors (Lipinski definition) is 5. The molecule has 1 N–H and O–H groups in total. The maximum Gasteiger partial charge on any atom is 0.277 e. The second kappa shape index (κ2) is 9.11. The van der Waals surface area contributed by atoms with Crippen LogP contribution in [-0.2, 0) is 29.9 Å². The topological polar surface area (TPSA) is 94.2 Å². The van der Waals surface area contributed by atoms with Gasteiger partial charge in [0.2, 0.25) is 0 Å². The number of sulfone groups is 1. The van der Waals surface area contributed by atoms with Crippen LogP contribution in [0.2, 0.25) is 0 Å². The summed E-state index contributed by atoms with van der Waals surface area (Å²) in [6, 6.07) is 13.9. The van der Waals surface area contributed by atoms with Crippen molar-refractivity contribution < 1.29 is 13.5 Å². The third kappa shape index (κ3) is 4.45. The number of aromatic nitrogens is 3. The molecule has 7 nitrogen and oxygen atoms in total. The van der Waals surface area contributed by atoms with E-state index < -0.39 is 15.4 Å². The van der Waals surface area contributed by atoms with E-state index in [1.807, 2.05) is 42.5 Å². The Morgan fingerprint density at radius 3 is 2.52 bits per heavy atom. The summed E-state index contributed by atoms with van der Waals surface area (Å²) in [6.07, 6.45) is 2.49. The van der Waals surface area contributed by atoms with Crippen molar-refractivity contribution in [3.8, 4) is 0 Å². The maximum atomic E-state index is 13.4. The van der Waals surface area contributed by atoms with Crippen LogP contribution in [0.5, 0.6) is 0 Å². The standard InChI is InChI=1S/C25H29N3O4S/c1-17(2)14-22-21-16-28(15-19-10-6-9-18-8-4-5-11-20(18)19)25(33(31,32)13-7-12-29)23(21)24(30)27(3)26-22/h4-6,8-11,16-17,29H,7,12-15H2,1-3H3. The lowest BCUT2D eigenvalue weighted by molar-refractivity contribution is 0.295. The van der Waals surface area contributed by atoms with Crippen molar-refractivity contribution in [2.24, 2.45) is 13.0 Å². The zero-order valence-electron chi connectivity index (χ0n) is 19.2. The maximum absolute atomic E-state index is 13.4. The van der Waals surface area contributed by atoms with Gasteiger partial charge in [-0.2, -0.15) is 5.10 Å². The molecule has 0 atom stereocenters. The van der Waals surface area contributed by atoms with Gasteiger partial charge >= 0.3 is 0 Å². The summed E-state index contributed by atoms with van der Waals surface area (Å²) in [5.74, 6) is 0.0532. The van der Waals surface area contributed by atoms with E-state index >= 15 is 0 Å². The lowest BCUT2D eigenvalue weighted by Gasteiger charge is -2.12. The normalized spacial score (nSPS) is 12.3. The van der Waals surface area contributed by atoms with Crippen LogP contribution in [0.3, 0.4) is 0 Å². The van der Waals surface area contributed by atoms with Gasteiger partial charge in [0.25, 0.3) is 5.56 Å². The highest BCUT2D eigenvalue weighted by Gasteiger charge is 2.28. The highest BCUT2D eigenvalue weighted by Crippen LogP contribution is 2.29.